The van der Waals surface area contributed by atoms with E-state index in [2.05, 4.69) is 143 Å². The fraction of sp³-hybridized carbons (Fsp3) is 0.510. The Bertz CT molecular complexity index is 1980. The molecule has 0 aliphatic heterocycles. The maximum absolute atomic E-state index is 2.76. The summed E-state index contributed by atoms with van der Waals surface area (Å²) in [5, 5.41) is 0. The highest BCUT2D eigenvalue weighted by Crippen LogP contribution is 2.55. The summed E-state index contributed by atoms with van der Waals surface area (Å²) in [6.45, 7) is 32.7. The zero-order chi connectivity index (χ0) is 36.6. The smallest absolute Gasteiger partial charge is 0.0551 e. The zero-order valence-electron chi connectivity index (χ0n) is 34.3. The molecule has 268 valence electrons. The molecular formula is C49H64Si2. The molecular weight excluding hydrogens is 645 g/mol. The number of benzene rings is 3. The Hall–Kier alpha value is -2.69. The standard InChI is InChI=1S/C34H46Si2.C15H18/c1-21-15-27-25(13-11-23-17-33(3,4)19-29(23)27)31(21)35(7,8)36(9,10)32-22(2)16-28-26(32)14-12-24-18-34(5,6)20-30(24)28;1-10-6-11-4-5-12-8-15(2,3)9-14(12)13(11)7-10/h11-16,31-32H,17-20H2,1-10H3;4-6H,7-9H2,1-3H3. The minimum absolute atomic E-state index is 0.405. The predicted molar refractivity (Wildman–Crippen MR) is 228 cm³/mol. The first-order valence-corrected chi connectivity index (χ1v) is 27.3. The summed E-state index contributed by atoms with van der Waals surface area (Å²) in [5.74, 6) is 0. The van der Waals surface area contributed by atoms with Crippen LogP contribution in [0.2, 0.25) is 26.2 Å². The van der Waals surface area contributed by atoms with Gasteiger partial charge in [-0.15, -0.1) is 0 Å². The Morgan fingerprint density at radius 2 is 0.863 bits per heavy atom. The first-order valence-electron chi connectivity index (χ1n) is 20.1. The fourth-order valence-corrected chi connectivity index (χ4v) is 24.8. The van der Waals surface area contributed by atoms with Crippen molar-refractivity contribution in [2.24, 2.45) is 16.2 Å². The van der Waals surface area contributed by atoms with Gasteiger partial charge in [-0.3, -0.25) is 0 Å². The summed E-state index contributed by atoms with van der Waals surface area (Å²) in [5.41, 5.74) is 26.9. The maximum Gasteiger partial charge on any atom is 0.0551 e. The van der Waals surface area contributed by atoms with Gasteiger partial charge in [0.15, 0.2) is 0 Å². The van der Waals surface area contributed by atoms with Gasteiger partial charge in [0.25, 0.3) is 0 Å². The molecule has 0 spiro atoms. The van der Waals surface area contributed by atoms with Crippen molar-refractivity contribution in [1.82, 2.24) is 0 Å². The minimum atomic E-state index is -1.68. The number of rotatable bonds is 3. The topological polar surface area (TPSA) is 0 Å². The second kappa shape index (κ2) is 11.4. The van der Waals surface area contributed by atoms with Crippen molar-refractivity contribution in [3.05, 3.63) is 120 Å². The van der Waals surface area contributed by atoms with Gasteiger partial charge in [-0.1, -0.05) is 139 Å². The van der Waals surface area contributed by atoms with Gasteiger partial charge in [0, 0.05) is 0 Å². The summed E-state index contributed by atoms with van der Waals surface area (Å²) in [6.07, 6.45) is 16.2. The highest BCUT2D eigenvalue weighted by molar-refractivity contribution is 7.42. The zero-order valence-corrected chi connectivity index (χ0v) is 36.3. The van der Waals surface area contributed by atoms with E-state index in [1.165, 1.54) is 56.1 Å². The third-order valence-corrected chi connectivity index (χ3v) is 34.2. The van der Waals surface area contributed by atoms with E-state index in [9.17, 15) is 0 Å². The molecule has 0 saturated carbocycles. The van der Waals surface area contributed by atoms with Crippen LogP contribution in [0.1, 0.15) is 140 Å². The van der Waals surface area contributed by atoms with E-state index < -0.39 is 15.2 Å². The largest absolute Gasteiger partial charge is 0.0705 e. The van der Waals surface area contributed by atoms with Gasteiger partial charge in [-0.25, -0.2) is 0 Å². The molecule has 0 nitrogen and oxygen atoms in total. The summed E-state index contributed by atoms with van der Waals surface area (Å²) in [4.78, 5) is 0. The number of hydrogen-bond donors (Lipinski definition) is 0. The Labute approximate surface area is 312 Å². The highest BCUT2D eigenvalue weighted by atomic mass is 29.3. The second-order valence-electron chi connectivity index (χ2n) is 21.5. The van der Waals surface area contributed by atoms with Gasteiger partial charge in [0.05, 0.1) is 15.2 Å². The van der Waals surface area contributed by atoms with Crippen molar-refractivity contribution in [2.75, 3.05) is 0 Å². The van der Waals surface area contributed by atoms with E-state index in [1.54, 1.807) is 72.3 Å². The molecule has 2 atom stereocenters. The summed E-state index contributed by atoms with van der Waals surface area (Å²) < 4.78 is 0. The molecule has 2 unspecified atom stereocenters. The van der Waals surface area contributed by atoms with E-state index in [0.29, 0.717) is 27.3 Å². The van der Waals surface area contributed by atoms with Crippen LogP contribution < -0.4 is 0 Å². The monoisotopic (exact) mass is 708 g/mol. The van der Waals surface area contributed by atoms with Crippen LogP contribution in [0.5, 0.6) is 0 Å². The first kappa shape index (κ1) is 35.3. The van der Waals surface area contributed by atoms with Crippen LogP contribution in [0.3, 0.4) is 0 Å². The van der Waals surface area contributed by atoms with Gasteiger partial charge in [-0.2, -0.15) is 0 Å². The second-order valence-corrected chi connectivity index (χ2v) is 37.3. The summed E-state index contributed by atoms with van der Waals surface area (Å²) in [6, 6.07) is 14.8. The molecule has 0 aromatic heterocycles. The quantitative estimate of drug-likeness (QED) is 0.238. The first-order chi connectivity index (χ1) is 23.7. The average molecular weight is 709 g/mol. The maximum atomic E-state index is 2.76. The van der Waals surface area contributed by atoms with E-state index in [-0.39, 0.29) is 0 Å². The third kappa shape index (κ3) is 5.63. The Kier molecular flexibility index (Phi) is 7.91. The molecule has 6 aliphatic rings. The van der Waals surface area contributed by atoms with Crippen LogP contribution >= 0.6 is 0 Å². The lowest BCUT2D eigenvalue weighted by molar-refractivity contribution is 0.392. The highest BCUT2D eigenvalue weighted by Gasteiger charge is 2.55. The number of fused-ring (bicyclic) bond motifs is 9. The van der Waals surface area contributed by atoms with Crippen LogP contribution in [0.15, 0.2) is 53.1 Å². The lowest BCUT2D eigenvalue weighted by Crippen LogP contribution is -2.62. The van der Waals surface area contributed by atoms with E-state index in [0.717, 1.165) is 0 Å². The normalized spacial score (nSPS) is 24.1. The van der Waals surface area contributed by atoms with Crippen molar-refractivity contribution < 1.29 is 0 Å². The summed E-state index contributed by atoms with van der Waals surface area (Å²) >= 11 is 0. The van der Waals surface area contributed by atoms with Crippen molar-refractivity contribution in [3.8, 4) is 0 Å². The van der Waals surface area contributed by atoms with Crippen LogP contribution in [0.4, 0.5) is 0 Å². The molecule has 6 aliphatic carbocycles. The number of hydrogen-bond acceptors (Lipinski definition) is 0. The predicted octanol–water partition coefficient (Wildman–Crippen LogP) is 13.0. The van der Waals surface area contributed by atoms with E-state index in [1.807, 2.05) is 0 Å². The van der Waals surface area contributed by atoms with Crippen molar-refractivity contribution in [2.45, 2.75) is 145 Å². The van der Waals surface area contributed by atoms with Crippen LogP contribution in [-0.4, -0.2) is 15.2 Å². The molecule has 0 N–H and O–H groups in total. The van der Waals surface area contributed by atoms with Gasteiger partial charge in [-0.05, 0) is 160 Å². The van der Waals surface area contributed by atoms with Gasteiger partial charge < -0.3 is 0 Å². The molecule has 0 fully saturated rings. The lowest BCUT2D eigenvalue weighted by Gasteiger charge is -2.48. The van der Waals surface area contributed by atoms with Crippen molar-refractivity contribution >= 4 is 33.4 Å². The molecule has 0 radical (unpaired) electrons. The fourth-order valence-electron chi connectivity index (χ4n) is 12.1. The van der Waals surface area contributed by atoms with Gasteiger partial charge >= 0.3 is 0 Å². The van der Waals surface area contributed by atoms with E-state index in [4.69, 9.17) is 0 Å². The molecule has 0 bridgehead atoms. The molecule has 9 rings (SSSR count). The van der Waals surface area contributed by atoms with Crippen molar-refractivity contribution in [3.63, 3.8) is 0 Å². The van der Waals surface area contributed by atoms with E-state index >= 15 is 0 Å². The number of allylic oxidation sites excluding steroid dienone is 3. The third-order valence-electron chi connectivity index (χ3n) is 14.8. The molecule has 0 amide bonds. The van der Waals surface area contributed by atoms with Crippen LogP contribution in [0.25, 0.3) is 18.2 Å². The summed E-state index contributed by atoms with van der Waals surface area (Å²) in [7, 11) is -3.36. The van der Waals surface area contributed by atoms with Gasteiger partial charge in [0.2, 0.25) is 0 Å². The SMILES string of the molecule is CC1=Cc2c(ccc3c2CC(C)(C)C3)C1[Si](C)(C)[Si](C)(C)C1C(C)=Cc2c1ccc1c2CC(C)(C)C1.CC1=Cc2ccc3c(c2C1)CC(C)(C)C3. The van der Waals surface area contributed by atoms with Crippen LogP contribution in [-0.2, 0) is 44.9 Å². The minimum Gasteiger partial charge on any atom is -0.0705 e. The lowest BCUT2D eigenvalue weighted by atomic mass is 9.89. The molecule has 3 aromatic carbocycles. The Morgan fingerprint density at radius 1 is 0.471 bits per heavy atom. The van der Waals surface area contributed by atoms with Crippen LogP contribution in [0, 0.1) is 16.2 Å². The Balaban J connectivity index is 0.000000207. The molecule has 3 aromatic rings. The van der Waals surface area contributed by atoms with Crippen molar-refractivity contribution in [1.29, 1.82) is 0 Å². The average Bonchev–Trinajstić information content (AvgIpc) is 3.82. The molecule has 51 heavy (non-hydrogen) atoms. The Morgan fingerprint density at radius 3 is 1.31 bits per heavy atom. The van der Waals surface area contributed by atoms with Gasteiger partial charge in [0.1, 0.15) is 0 Å². The molecule has 0 heterocycles. The molecule has 2 heteroatoms. The molecule has 0 saturated heterocycles.